The Kier molecular flexibility index (Phi) is 5.09. The second-order valence-electron chi connectivity index (χ2n) is 6.93. The minimum Gasteiger partial charge on any atom is -0.325 e. The highest BCUT2D eigenvalue weighted by atomic mass is 79.9. The van der Waals surface area contributed by atoms with Gasteiger partial charge >= 0.3 is 0 Å². The van der Waals surface area contributed by atoms with Crippen molar-refractivity contribution in [3.05, 3.63) is 87.9 Å². The number of pyridine rings is 1. The van der Waals surface area contributed by atoms with Gasteiger partial charge in [0.1, 0.15) is 16.1 Å². The van der Waals surface area contributed by atoms with Gasteiger partial charge in [0, 0.05) is 21.1 Å². The van der Waals surface area contributed by atoms with Gasteiger partial charge in [0.05, 0.1) is 17.5 Å². The van der Waals surface area contributed by atoms with Crippen LogP contribution in [0.4, 0.5) is 5.69 Å². The molecule has 0 atom stereocenters. The largest absolute Gasteiger partial charge is 0.325 e. The molecule has 5 aromatic rings. The number of carbonyl (C=O) groups is 1. The number of fused-ring (bicyclic) bond motifs is 3. The number of amides is 1. The van der Waals surface area contributed by atoms with Crippen molar-refractivity contribution < 1.29 is 4.79 Å². The number of hydrogen-bond acceptors (Lipinski definition) is 5. The van der Waals surface area contributed by atoms with Crippen molar-refractivity contribution >= 4 is 59.3 Å². The molecular formula is C23H15BrN4O2S. The topological polar surface area (TPSA) is 76.9 Å². The summed E-state index contributed by atoms with van der Waals surface area (Å²) in [6, 6.07) is 21.0. The SMILES string of the molecule is O=C(Cn1cnc2c(sc3nc(-c4ccccc4)ccc32)c1=O)Nc1ccc(Br)cc1. The maximum atomic E-state index is 13.0. The van der Waals surface area contributed by atoms with Gasteiger partial charge in [-0.1, -0.05) is 46.3 Å². The molecule has 5 rings (SSSR count). The number of nitrogens with one attached hydrogen (secondary N) is 1. The fourth-order valence-corrected chi connectivity index (χ4v) is 4.66. The van der Waals surface area contributed by atoms with Gasteiger partial charge in [-0.25, -0.2) is 9.97 Å². The zero-order valence-corrected chi connectivity index (χ0v) is 18.5. The molecule has 31 heavy (non-hydrogen) atoms. The van der Waals surface area contributed by atoms with Gasteiger partial charge in [0.2, 0.25) is 5.91 Å². The zero-order valence-electron chi connectivity index (χ0n) is 16.1. The summed E-state index contributed by atoms with van der Waals surface area (Å²) in [4.78, 5) is 35.3. The molecule has 0 radical (unpaired) electrons. The first-order chi connectivity index (χ1) is 15.1. The molecule has 0 aliphatic rings. The smallest absolute Gasteiger partial charge is 0.271 e. The lowest BCUT2D eigenvalue weighted by atomic mass is 10.1. The third kappa shape index (κ3) is 3.87. The Bertz CT molecular complexity index is 1480. The predicted molar refractivity (Wildman–Crippen MR) is 127 cm³/mol. The third-order valence-electron chi connectivity index (χ3n) is 4.82. The monoisotopic (exact) mass is 490 g/mol. The summed E-state index contributed by atoms with van der Waals surface area (Å²) in [6.07, 6.45) is 1.42. The quantitative estimate of drug-likeness (QED) is 0.381. The van der Waals surface area contributed by atoms with Crippen molar-refractivity contribution in [2.75, 3.05) is 5.32 Å². The molecule has 0 aliphatic heterocycles. The Morgan fingerprint density at radius 2 is 1.81 bits per heavy atom. The zero-order chi connectivity index (χ0) is 21.4. The van der Waals surface area contributed by atoms with Gasteiger partial charge in [-0.05, 0) is 36.4 Å². The normalized spacial score (nSPS) is 11.1. The lowest BCUT2D eigenvalue weighted by molar-refractivity contribution is -0.116. The molecule has 0 aliphatic carbocycles. The van der Waals surface area contributed by atoms with Crippen LogP contribution in [0.25, 0.3) is 31.7 Å². The van der Waals surface area contributed by atoms with Crippen LogP contribution in [0.3, 0.4) is 0 Å². The molecule has 6 nitrogen and oxygen atoms in total. The number of rotatable bonds is 4. The summed E-state index contributed by atoms with van der Waals surface area (Å²) in [5.41, 5.74) is 2.88. The van der Waals surface area contributed by atoms with Crippen molar-refractivity contribution in [3.8, 4) is 11.3 Å². The minimum atomic E-state index is -0.295. The first-order valence-electron chi connectivity index (χ1n) is 9.48. The molecule has 0 saturated heterocycles. The average Bonchev–Trinajstić information content (AvgIpc) is 3.16. The van der Waals surface area contributed by atoms with Crippen LogP contribution in [0.5, 0.6) is 0 Å². The number of thiophene rings is 1. The van der Waals surface area contributed by atoms with Crippen molar-refractivity contribution in [1.29, 1.82) is 0 Å². The number of anilines is 1. The summed E-state index contributed by atoms with van der Waals surface area (Å²) in [5.74, 6) is -0.295. The van der Waals surface area contributed by atoms with E-state index in [0.717, 1.165) is 25.9 Å². The Morgan fingerprint density at radius 3 is 2.58 bits per heavy atom. The lowest BCUT2D eigenvalue weighted by Gasteiger charge is -2.07. The molecule has 0 fully saturated rings. The molecule has 0 bridgehead atoms. The van der Waals surface area contributed by atoms with Gasteiger partial charge in [-0.2, -0.15) is 0 Å². The molecular weight excluding hydrogens is 476 g/mol. The number of aromatic nitrogens is 3. The molecule has 0 saturated carbocycles. The van der Waals surface area contributed by atoms with E-state index in [-0.39, 0.29) is 18.0 Å². The van der Waals surface area contributed by atoms with E-state index in [9.17, 15) is 9.59 Å². The number of carbonyl (C=O) groups excluding carboxylic acids is 1. The summed E-state index contributed by atoms with van der Waals surface area (Å²) in [5, 5.41) is 3.63. The van der Waals surface area contributed by atoms with Crippen LogP contribution in [0.1, 0.15) is 0 Å². The second-order valence-corrected chi connectivity index (χ2v) is 8.84. The van der Waals surface area contributed by atoms with Gasteiger partial charge in [0.25, 0.3) is 5.56 Å². The third-order valence-corrected chi connectivity index (χ3v) is 6.43. The second kappa shape index (κ2) is 8.05. The van der Waals surface area contributed by atoms with Crippen LogP contribution in [0.2, 0.25) is 0 Å². The Hall–Kier alpha value is -3.36. The molecule has 8 heteroatoms. The molecule has 152 valence electrons. The maximum Gasteiger partial charge on any atom is 0.271 e. The summed E-state index contributed by atoms with van der Waals surface area (Å²) < 4.78 is 2.74. The average molecular weight is 491 g/mol. The van der Waals surface area contributed by atoms with Crippen LogP contribution < -0.4 is 10.9 Å². The van der Waals surface area contributed by atoms with Crippen molar-refractivity contribution in [1.82, 2.24) is 14.5 Å². The fraction of sp³-hybridized carbons (Fsp3) is 0.0435. The summed E-state index contributed by atoms with van der Waals surface area (Å²) in [7, 11) is 0. The predicted octanol–water partition coefficient (Wildman–Crippen LogP) is 5.07. The molecule has 2 aromatic carbocycles. The van der Waals surface area contributed by atoms with E-state index in [0.29, 0.717) is 15.9 Å². The Labute approximate surface area is 189 Å². The lowest BCUT2D eigenvalue weighted by Crippen LogP contribution is -2.27. The van der Waals surface area contributed by atoms with Crippen LogP contribution in [-0.4, -0.2) is 20.4 Å². The van der Waals surface area contributed by atoms with Crippen LogP contribution in [0.15, 0.2) is 82.3 Å². The summed E-state index contributed by atoms with van der Waals surface area (Å²) >= 11 is 4.66. The van der Waals surface area contributed by atoms with Crippen LogP contribution in [0, 0.1) is 0 Å². The first kappa shape index (κ1) is 19.6. The van der Waals surface area contributed by atoms with Crippen LogP contribution >= 0.6 is 27.3 Å². The molecule has 3 heterocycles. The number of benzene rings is 2. The fourth-order valence-electron chi connectivity index (χ4n) is 3.32. The molecule has 1 amide bonds. The van der Waals surface area contributed by atoms with E-state index in [2.05, 4.69) is 26.2 Å². The highest BCUT2D eigenvalue weighted by molar-refractivity contribution is 9.10. The number of nitrogens with zero attached hydrogens (tertiary/aromatic N) is 3. The van der Waals surface area contributed by atoms with Gasteiger partial charge in [0.15, 0.2) is 0 Å². The van der Waals surface area contributed by atoms with E-state index < -0.39 is 0 Å². The standard InChI is InChI=1S/C23H15BrN4O2S/c24-15-6-8-16(9-7-15)26-19(29)12-28-13-25-20-17-10-11-18(14-4-2-1-3-5-14)27-22(17)31-21(20)23(28)30/h1-11,13H,12H2,(H,26,29). The number of hydrogen-bond donors (Lipinski definition) is 1. The van der Waals surface area contributed by atoms with Gasteiger partial charge < -0.3 is 5.32 Å². The van der Waals surface area contributed by atoms with Crippen molar-refractivity contribution in [2.45, 2.75) is 6.54 Å². The van der Waals surface area contributed by atoms with E-state index in [1.807, 2.05) is 54.6 Å². The highest BCUT2D eigenvalue weighted by Crippen LogP contribution is 2.31. The van der Waals surface area contributed by atoms with Crippen molar-refractivity contribution in [2.24, 2.45) is 0 Å². The molecule has 1 N–H and O–H groups in total. The van der Waals surface area contributed by atoms with Gasteiger partial charge in [-0.3, -0.25) is 14.2 Å². The van der Waals surface area contributed by atoms with E-state index in [1.54, 1.807) is 12.1 Å². The van der Waals surface area contributed by atoms with E-state index in [1.165, 1.54) is 22.2 Å². The van der Waals surface area contributed by atoms with Crippen LogP contribution in [-0.2, 0) is 11.3 Å². The summed E-state index contributed by atoms with van der Waals surface area (Å²) in [6.45, 7) is -0.116. The first-order valence-corrected chi connectivity index (χ1v) is 11.1. The van der Waals surface area contributed by atoms with Crippen molar-refractivity contribution in [3.63, 3.8) is 0 Å². The highest BCUT2D eigenvalue weighted by Gasteiger charge is 2.15. The molecule has 0 unspecified atom stereocenters. The minimum absolute atomic E-state index is 0.116. The Balaban J connectivity index is 1.47. The van der Waals surface area contributed by atoms with Gasteiger partial charge in [-0.15, -0.1) is 11.3 Å². The maximum absolute atomic E-state index is 13.0. The Morgan fingerprint density at radius 1 is 1.03 bits per heavy atom. The number of halogens is 1. The van der Waals surface area contributed by atoms with E-state index in [4.69, 9.17) is 4.98 Å². The molecule has 0 spiro atoms. The van der Waals surface area contributed by atoms with E-state index >= 15 is 0 Å². The molecule has 3 aromatic heterocycles.